The largest absolute Gasteiger partial charge is 0.451 e. The Labute approximate surface area is 199 Å². The van der Waals surface area contributed by atoms with E-state index in [1.54, 1.807) is 12.1 Å². The number of hydrogen-bond donors (Lipinski definition) is 2. The monoisotopic (exact) mass is 456 g/mol. The van der Waals surface area contributed by atoms with Crippen molar-refractivity contribution in [1.82, 2.24) is 10.6 Å². The third-order valence-electron chi connectivity index (χ3n) is 5.13. The van der Waals surface area contributed by atoms with Crippen LogP contribution in [0.3, 0.4) is 0 Å². The number of esters is 1. The molecule has 3 rings (SSSR count). The highest BCUT2D eigenvalue weighted by Crippen LogP contribution is 2.27. The van der Waals surface area contributed by atoms with Gasteiger partial charge in [0.15, 0.2) is 6.61 Å². The first kappa shape index (κ1) is 24.5. The Hall–Kier alpha value is -4.19. The molecule has 0 saturated heterocycles. The zero-order valence-corrected chi connectivity index (χ0v) is 19.1. The molecule has 174 valence electrons. The number of rotatable bonds is 10. The van der Waals surface area contributed by atoms with E-state index < -0.39 is 24.4 Å². The van der Waals surface area contributed by atoms with Gasteiger partial charge >= 0.3 is 5.97 Å². The maximum atomic E-state index is 12.5. The van der Waals surface area contributed by atoms with Crippen LogP contribution in [-0.4, -0.2) is 30.9 Å². The van der Waals surface area contributed by atoms with E-state index in [-0.39, 0.29) is 11.6 Å². The Bertz CT molecular complexity index is 1070. The topological polar surface area (TPSA) is 84.5 Å². The Balaban J connectivity index is 1.55. The first-order chi connectivity index (χ1) is 16.5. The maximum absolute atomic E-state index is 12.5. The normalized spacial score (nSPS) is 11.1. The fraction of sp³-hybridized carbons (Fsp3) is 0.179. The lowest BCUT2D eigenvalue weighted by atomic mass is 9.88. The molecule has 0 atom stereocenters. The molecule has 0 radical (unpaired) electrons. The van der Waals surface area contributed by atoms with Crippen molar-refractivity contribution in [3.05, 3.63) is 113 Å². The van der Waals surface area contributed by atoms with E-state index in [9.17, 15) is 14.4 Å². The number of ether oxygens (including phenoxy) is 1. The van der Waals surface area contributed by atoms with Crippen LogP contribution in [0.1, 0.15) is 36.0 Å². The smallest absolute Gasteiger partial charge is 0.355 e. The lowest BCUT2D eigenvalue weighted by molar-refractivity contribution is -0.145. The summed E-state index contributed by atoms with van der Waals surface area (Å²) in [5, 5.41) is 5.28. The lowest BCUT2D eigenvalue weighted by Crippen LogP contribution is -2.32. The van der Waals surface area contributed by atoms with E-state index in [0.717, 1.165) is 5.56 Å². The van der Waals surface area contributed by atoms with Gasteiger partial charge in [0.1, 0.15) is 5.70 Å². The molecule has 6 heteroatoms. The Morgan fingerprint density at radius 1 is 0.824 bits per heavy atom. The number of nitrogens with one attached hydrogen (secondary N) is 2. The fourth-order valence-electron chi connectivity index (χ4n) is 3.56. The zero-order chi connectivity index (χ0) is 24.2. The summed E-state index contributed by atoms with van der Waals surface area (Å²) in [7, 11) is 0. The summed E-state index contributed by atoms with van der Waals surface area (Å²) in [5.41, 5.74) is 3.03. The molecule has 0 saturated carbocycles. The van der Waals surface area contributed by atoms with Gasteiger partial charge in [-0.15, -0.1) is 0 Å². The molecule has 0 unspecified atom stereocenters. The van der Waals surface area contributed by atoms with Crippen LogP contribution in [0.4, 0.5) is 0 Å². The molecule has 3 aromatic rings. The fourth-order valence-corrected chi connectivity index (χ4v) is 3.56. The molecule has 0 heterocycles. The Morgan fingerprint density at radius 3 is 1.88 bits per heavy atom. The standard InChI is InChI=1S/C28H28N2O4/c1-21(31)30-26(19-22-11-5-2-6-12-22)28(33)34-20-27(32)29-18-17-25(23-13-7-3-8-14-23)24-15-9-4-10-16-24/h2-16,19,25H,17-18,20H2,1H3,(H,29,32)(H,30,31)/b26-19-. The van der Waals surface area contributed by atoms with Gasteiger partial charge in [0.25, 0.3) is 5.91 Å². The van der Waals surface area contributed by atoms with Crippen molar-refractivity contribution in [2.75, 3.05) is 13.2 Å². The van der Waals surface area contributed by atoms with Crippen molar-refractivity contribution >= 4 is 23.9 Å². The molecular formula is C28H28N2O4. The second kappa shape index (κ2) is 12.7. The molecule has 0 aromatic heterocycles. The van der Waals surface area contributed by atoms with Crippen LogP contribution in [0.2, 0.25) is 0 Å². The minimum atomic E-state index is -0.777. The highest BCUT2D eigenvalue weighted by atomic mass is 16.5. The summed E-state index contributed by atoms with van der Waals surface area (Å²) in [6.07, 6.45) is 2.20. The van der Waals surface area contributed by atoms with Crippen LogP contribution in [0, 0.1) is 0 Å². The van der Waals surface area contributed by atoms with Crippen LogP contribution in [-0.2, 0) is 19.1 Å². The van der Waals surface area contributed by atoms with Crippen molar-refractivity contribution in [1.29, 1.82) is 0 Å². The third-order valence-corrected chi connectivity index (χ3v) is 5.13. The van der Waals surface area contributed by atoms with Crippen LogP contribution < -0.4 is 10.6 Å². The van der Waals surface area contributed by atoms with E-state index in [2.05, 4.69) is 34.9 Å². The van der Waals surface area contributed by atoms with Crippen LogP contribution in [0.25, 0.3) is 6.08 Å². The molecule has 0 aliphatic carbocycles. The quantitative estimate of drug-likeness (QED) is 0.356. The molecule has 0 aliphatic heterocycles. The van der Waals surface area contributed by atoms with E-state index in [1.807, 2.05) is 54.6 Å². The van der Waals surface area contributed by atoms with E-state index >= 15 is 0 Å². The predicted octanol–water partition coefficient (Wildman–Crippen LogP) is 4.05. The second-order valence-corrected chi connectivity index (χ2v) is 7.74. The molecule has 3 aromatic carbocycles. The Morgan fingerprint density at radius 2 is 1.35 bits per heavy atom. The lowest BCUT2D eigenvalue weighted by Gasteiger charge is -2.18. The molecule has 34 heavy (non-hydrogen) atoms. The number of hydrogen-bond acceptors (Lipinski definition) is 4. The molecule has 2 N–H and O–H groups in total. The average Bonchev–Trinajstić information content (AvgIpc) is 2.86. The first-order valence-corrected chi connectivity index (χ1v) is 11.1. The summed E-state index contributed by atoms with van der Waals surface area (Å²) in [4.78, 5) is 36.3. The van der Waals surface area contributed by atoms with Gasteiger partial charge in [-0.2, -0.15) is 0 Å². The molecule has 0 fully saturated rings. The van der Waals surface area contributed by atoms with E-state index in [4.69, 9.17) is 4.74 Å². The molecule has 2 amide bonds. The highest BCUT2D eigenvalue weighted by Gasteiger charge is 2.16. The molecule has 6 nitrogen and oxygen atoms in total. The van der Waals surface area contributed by atoms with Gasteiger partial charge in [-0.1, -0.05) is 91.0 Å². The summed E-state index contributed by atoms with van der Waals surface area (Å²) in [6, 6.07) is 29.3. The maximum Gasteiger partial charge on any atom is 0.355 e. The second-order valence-electron chi connectivity index (χ2n) is 7.74. The number of carbonyl (C=O) groups excluding carboxylic acids is 3. The zero-order valence-electron chi connectivity index (χ0n) is 19.1. The molecule has 0 bridgehead atoms. The van der Waals surface area contributed by atoms with Gasteiger partial charge in [0, 0.05) is 19.4 Å². The summed E-state index contributed by atoms with van der Waals surface area (Å²) >= 11 is 0. The Kier molecular flexibility index (Phi) is 9.17. The average molecular weight is 457 g/mol. The van der Waals surface area contributed by atoms with Crippen LogP contribution in [0.5, 0.6) is 0 Å². The summed E-state index contributed by atoms with van der Waals surface area (Å²) in [5.74, 6) is -1.46. The van der Waals surface area contributed by atoms with Crippen molar-refractivity contribution in [3.63, 3.8) is 0 Å². The predicted molar refractivity (Wildman–Crippen MR) is 132 cm³/mol. The SMILES string of the molecule is CC(=O)N/C(=C\c1ccccc1)C(=O)OCC(=O)NCCC(c1ccccc1)c1ccccc1. The minimum Gasteiger partial charge on any atom is -0.451 e. The molecule has 0 aliphatic rings. The van der Waals surface area contributed by atoms with E-state index in [0.29, 0.717) is 13.0 Å². The molecule has 0 spiro atoms. The summed E-state index contributed by atoms with van der Waals surface area (Å²) in [6.45, 7) is 1.28. The third kappa shape index (κ3) is 7.74. The van der Waals surface area contributed by atoms with Gasteiger partial charge < -0.3 is 15.4 Å². The minimum absolute atomic E-state index is 0.0280. The number of carbonyl (C=O) groups is 3. The van der Waals surface area contributed by atoms with Crippen molar-refractivity contribution in [3.8, 4) is 0 Å². The van der Waals surface area contributed by atoms with Crippen molar-refractivity contribution in [2.24, 2.45) is 0 Å². The molecular weight excluding hydrogens is 428 g/mol. The van der Waals surface area contributed by atoms with Crippen molar-refractivity contribution < 1.29 is 19.1 Å². The highest BCUT2D eigenvalue weighted by molar-refractivity contribution is 5.98. The van der Waals surface area contributed by atoms with Gasteiger partial charge in [0.2, 0.25) is 5.91 Å². The number of benzene rings is 3. The van der Waals surface area contributed by atoms with Crippen molar-refractivity contribution in [2.45, 2.75) is 19.3 Å². The van der Waals surface area contributed by atoms with Gasteiger partial charge in [-0.25, -0.2) is 4.79 Å². The van der Waals surface area contributed by atoms with Crippen LogP contribution >= 0.6 is 0 Å². The van der Waals surface area contributed by atoms with Gasteiger partial charge in [0.05, 0.1) is 0 Å². The first-order valence-electron chi connectivity index (χ1n) is 11.1. The van der Waals surface area contributed by atoms with Crippen LogP contribution in [0.15, 0.2) is 96.7 Å². The number of amides is 2. The van der Waals surface area contributed by atoms with Gasteiger partial charge in [-0.3, -0.25) is 9.59 Å². The summed E-state index contributed by atoms with van der Waals surface area (Å²) < 4.78 is 5.13. The van der Waals surface area contributed by atoms with E-state index in [1.165, 1.54) is 24.1 Å². The van der Waals surface area contributed by atoms with Gasteiger partial charge in [-0.05, 0) is 29.2 Å².